The molecule has 29 heavy (non-hydrogen) atoms. The molecule has 0 aliphatic rings. The van der Waals surface area contributed by atoms with Crippen LogP contribution in [0.5, 0.6) is 5.75 Å². The molecule has 7 nitrogen and oxygen atoms in total. The standard InChI is InChI=1S/C22H26N4O3/c1-14(2)13-29-17-9-7-15(8-10-17)21(27)25-20(22(28)26-23)11-16-12-24-19-6-4-3-5-18(16)19/h3-10,12,14,20,24H,11,13,23H2,1-2H3,(H,25,27)(H,26,28)/t20-/m0/s1. The van der Waals surface area contributed by atoms with Crippen LogP contribution in [0, 0.1) is 5.92 Å². The van der Waals surface area contributed by atoms with Crippen LogP contribution in [0.3, 0.4) is 0 Å². The number of fused-ring (bicyclic) bond motifs is 1. The zero-order valence-corrected chi connectivity index (χ0v) is 16.6. The summed E-state index contributed by atoms with van der Waals surface area (Å²) >= 11 is 0. The summed E-state index contributed by atoms with van der Waals surface area (Å²) in [7, 11) is 0. The first kappa shape index (κ1) is 20.4. The number of rotatable bonds is 8. The van der Waals surface area contributed by atoms with E-state index >= 15 is 0 Å². The Labute approximate surface area is 169 Å². The van der Waals surface area contributed by atoms with E-state index in [-0.39, 0.29) is 5.91 Å². The van der Waals surface area contributed by atoms with E-state index in [9.17, 15) is 9.59 Å². The maximum atomic E-state index is 12.7. The quantitative estimate of drug-likeness (QED) is 0.267. The van der Waals surface area contributed by atoms with Crippen LogP contribution in [0.1, 0.15) is 29.8 Å². The van der Waals surface area contributed by atoms with Crippen LogP contribution in [0.4, 0.5) is 0 Å². The van der Waals surface area contributed by atoms with Gasteiger partial charge in [0.1, 0.15) is 11.8 Å². The molecule has 7 heteroatoms. The number of H-pyrrole nitrogens is 1. The number of carbonyl (C=O) groups excluding carboxylic acids is 2. The fourth-order valence-electron chi connectivity index (χ4n) is 3.04. The number of hydrogen-bond donors (Lipinski definition) is 4. The molecule has 152 valence electrons. The molecule has 0 fully saturated rings. The lowest BCUT2D eigenvalue weighted by molar-refractivity contribution is -0.123. The van der Waals surface area contributed by atoms with Crippen molar-refractivity contribution in [2.75, 3.05) is 6.61 Å². The van der Waals surface area contributed by atoms with Gasteiger partial charge in [-0.25, -0.2) is 5.84 Å². The smallest absolute Gasteiger partial charge is 0.256 e. The predicted octanol–water partition coefficient (Wildman–Crippen LogP) is 2.53. The van der Waals surface area contributed by atoms with Gasteiger partial charge in [-0.2, -0.15) is 0 Å². The zero-order valence-electron chi connectivity index (χ0n) is 16.6. The molecule has 1 heterocycles. The van der Waals surface area contributed by atoms with Crippen molar-refractivity contribution in [2.45, 2.75) is 26.3 Å². The van der Waals surface area contributed by atoms with Gasteiger partial charge in [-0.3, -0.25) is 15.0 Å². The second kappa shape index (κ2) is 9.25. The lowest BCUT2D eigenvalue weighted by Gasteiger charge is -2.17. The van der Waals surface area contributed by atoms with Gasteiger partial charge in [0.15, 0.2) is 0 Å². The largest absolute Gasteiger partial charge is 0.493 e. The minimum Gasteiger partial charge on any atom is -0.493 e. The number of ether oxygens (including phenoxy) is 1. The van der Waals surface area contributed by atoms with Gasteiger partial charge in [0.2, 0.25) is 0 Å². The number of nitrogens with one attached hydrogen (secondary N) is 3. The van der Waals surface area contributed by atoms with Crippen LogP contribution < -0.4 is 21.3 Å². The first-order chi connectivity index (χ1) is 14.0. The number of nitrogens with two attached hydrogens (primary N) is 1. The van der Waals surface area contributed by atoms with Crippen molar-refractivity contribution in [3.05, 3.63) is 65.9 Å². The number of amides is 2. The molecule has 0 aliphatic carbocycles. The summed E-state index contributed by atoms with van der Waals surface area (Å²) in [6.45, 7) is 4.74. The normalized spacial score (nSPS) is 12.0. The lowest BCUT2D eigenvalue weighted by atomic mass is 10.0. The van der Waals surface area contributed by atoms with Gasteiger partial charge in [-0.05, 0) is 41.8 Å². The molecular formula is C22H26N4O3. The van der Waals surface area contributed by atoms with E-state index < -0.39 is 11.9 Å². The molecule has 0 bridgehead atoms. The second-order valence-corrected chi connectivity index (χ2v) is 7.33. The Morgan fingerprint density at radius 3 is 2.52 bits per heavy atom. The Hall–Kier alpha value is -3.32. The molecular weight excluding hydrogens is 368 g/mol. The Balaban J connectivity index is 1.71. The van der Waals surface area contributed by atoms with Gasteiger partial charge in [0.25, 0.3) is 11.8 Å². The third-order valence-corrected chi connectivity index (χ3v) is 4.56. The summed E-state index contributed by atoms with van der Waals surface area (Å²) in [5.74, 6) is 5.63. The number of aromatic nitrogens is 1. The Kier molecular flexibility index (Phi) is 6.51. The predicted molar refractivity (Wildman–Crippen MR) is 112 cm³/mol. The molecule has 3 aromatic rings. The van der Waals surface area contributed by atoms with Crippen LogP contribution in [-0.2, 0) is 11.2 Å². The fourth-order valence-corrected chi connectivity index (χ4v) is 3.04. The molecule has 0 saturated heterocycles. The van der Waals surface area contributed by atoms with E-state index in [1.54, 1.807) is 24.3 Å². The van der Waals surface area contributed by atoms with Gasteiger partial charge >= 0.3 is 0 Å². The minimum absolute atomic E-state index is 0.314. The lowest BCUT2D eigenvalue weighted by Crippen LogP contribution is -2.50. The number of hydrogen-bond acceptors (Lipinski definition) is 4. The molecule has 5 N–H and O–H groups in total. The van der Waals surface area contributed by atoms with E-state index in [0.717, 1.165) is 16.5 Å². The monoisotopic (exact) mass is 394 g/mol. The van der Waals surface area contributed by atoms with E-state index in [0.29, 0.717) is 30.3 Å². The highest BCUT2D eigenvalue weighted by Crippen LogP contribution is 2.19. The topological polar surface area (TPSA) is 109 Å². The Bertz CT molecular complexity index is 979. The van der Waals surface area contributed by atoms with Crippen molar-refractivity contribution < 1.29 is 14.3 Å². The van der Waals surface area contributed by atoms with Gasteiger partial charge in [0, 0.05) is 29.1 Å². The van der Waals surface area contributed by atoms with Crippen LogP contribution >= 0.6 is 0 Å². The van der Waals surface area contributed by atoms with Gasteiger partial charge < -0.3 is 15.0 Å². The molecule has 0 saturated carbocycles. The Morgan fingerprint density at radius 1 is 1.10 bits per heavy atom. The molecule has 0 radical (unpaired) electrons. The first-order valence-corrected chi connectivity index (χ1v) is 9.57. The van der Waals surface area contributed by atoms with Gasteiger partial charge in [-0.15, -0.1) is 0 Å². The first-order valence-electron chi connectivity index (χ1n) is 9.57. The third-order valence-electron chi connectivity index (χ3n) is 4.56. The van der Waals surface area contributed by atoms with E-state index in [1.807, 2.05) is 30.5 Å². The minimum atomic E-state index is -0.802. The summed E-state index contributed by atoms with van der Waals surface area (Å²) in [6.07, 6.45) is 2.16. The molecule has 0 unspecified atom stereocenters. The highest BCUT2D eigenvalue weighted by molar-refractivity contribution is 5.98. The van der Waals surface area contributed by atoms with Crippen molar-refractivity contribution in [3.8, 4) is 5.75 Å². The maximum Gasteiger partial charge on any atom is 0.256 e. The van der Waals surface area contributed by atoms with E-state index in [4.69, 9.17) is 10.6 Å². The Morgan fingerprint density at radius 2 is 1.83 bits per heavy atom. The van der Waals surface area contributed by atoms with Crippen molar-refractivity contribution >= 4 is 22.7 Å². The molecule has 0 spiro atoms. The van der Waals surface area contributed by atoms with Crippen molar-refractivity contribution in [1.82, 2.24) is 15.7 Å². The van der Waals surface area contributed by atoms with Gasteiger partial charge in [0.05, 0.1) is 6.61 Å². The van der Waals surface area contributed by atoms with Crippen molar-refractivity contribution in [3.63, 3.8) is 0 Å². The van der Waals surface area contributed by atoms with Gasteiger partial charge in [-0.1, -0.05) is 32.0 Å². The van der Waals surface area contributed by atoms with Crippen molar-refractivity contribution in [2.24, 2.45) is 11.8 Å². The average Bonchev–Trinajstić information content (AvgIpc) is 3.14. The van der Waals surface area contributed by atoms with E-state index in [2.05, 4.69) is 29.6 Å². The van der Waals surface area contributed by atoms with E-state index in [1.165, 1.54) is 0 Å². The van der Waals surface area contributed by atoms with Crippen LogP contribution in [-0.4, -0.2) is 29.4 Å². The van der Waals surface area contributed by atoms with Crippen LogP contribution in [0.25, 0.3) is 10.9 Å². The number of para-hydroxylation sites is 1. The number of aromatic amines is 1. The molecule has 1 aromatic heterocycles. The summed E-state index contributed by atoms with van der Waals surface area (Å²) in [5.41, 5.74) is 4.47. The fraction of sp³-hybridized carbons (Fsp3) is 0.273. The molecule has 0 aliphatic heterocycles. The maximum absolute atomic E-state index is 12.7. The van der Waals surface area contributed by atoms with Crippen LogP contribution in [0.2, 0.25) is 0 Å². The molecule has 3 rings (SSSR count). The number of carbonyl (C=O) groups is 2. The summed E-state index contributed by atoms with van der Waals surface area (Å²) in [5, 5.41) is 3.77. The number of benzene rings is 2. The SMILES string of the molecule is CC(C)COc1ccc(C(=O)N[C@@H](Cc2c[nH]c3ccccc23)C(=O)NN)cc1. The highest BCUT2D eigenvalue weighted by Gasteiger charge is 2.22. The highest BCUT2D eigenvalue weighted by atomic mass is 16.5. The molecule has 1 atom stereocenters. The summed E-state index contributed by atoms with van der Waals surface area (Å²) in [4.78, 5) is 28.1. The van der Waals surface area contributed by atoms with Crippen LogP contribution in [0.15, 0.2) is 54.7 Å². The molecule has 2 aromatic carbocycles. The average molecular weight is 394 g/mol. The zero-order chi connectivity index (χ0) is 20.8. The third kappa shape index (κ3) is 5.14. The summed E-state index contributed by atoms with van der Waals surface area (Å²) in [6, 6.07) is 13.8. The number of hydrazine groups is 1. The molecule has 2 amide bonds. The van der Waals surface area contributed by atoms with Crippen molar-refractivity contribution in [1.29, 1.82) is 0 Å². The summed E-state index contributed by atoms with van der Waals surface area (Å²) < 4.78 is 5.63. The second-order valence-electron chi connectivity index (χ2n) is 7.33.